The minimum absolute atomic E-state index is 0. The number of aliphatic hydroxyl groups is 1. The van der Waals surface area contributed by atoms with Crippen LogP contribution in [0, 0.1) is 0 Å². The van der Waals surface area contributed by atoms with Crippen LogP contribution in [0.1, 0.15) is 42.0 Å². The van der Waals surface area contributed by atoms with Gasteiger partial charge in [0.15, 0.2) is 0 Å². The van der Waals surface area contributed by atoms with Crippen LogP contribution in [0.2, 0.25) is 0 Å². The van der Waals surface area contributed by atoms with Crippen LogP contribution >= 0.6 is 12.4 Å². The smallest absolute Gasteiger partial charge is 0.383 e. The zero-order valence-electron chi connectivity index (χ0n) is 22.7. The van der Waals surface area contributed by atoms with Crippen LogP contribution in [0.4, 0.5) is 30.4 Å². The summed E-state index contributed by atoms with van der Waals surface area (Å²) in [7, 11) is 0. The van der Waals surface area contributed by atoms with E-state index in [1.165, 1.54) is 24.3 Å². The average Bonchev–Trinajstić information content (AvgIpc) is 3.38. The van der Waals surface area contributed by atoms with Crippen molar-refractivity contribution in [2.45, 2.75) is 44.5 Å². The molecule has 11 heteroatoms. The molecule has 2 aliphatic heterocycles. The molecule has 0 saturated carbocycles. The number of fused-ring (bicyclic) bond motifs is 1. The molecule has 1 saturated heterocycles. The summed E-state index contributed by atoms with van der Waals surface area (Å²) in [5, 5.41) is 15.3. The number of rotatable bonds is 6. The van der Waals surface area contributed by atoms with Crippen molar-refractivity contribution in [1.29, 1.82) is 0 Å². The van der Waals surface area contributed by atoms with Crippen LogP contribution in [0.5, 0.6) is 0 Å². The first kappa shape index (κ1) is 30.8. The van der Waals surface area contributed by atoms with Crippen molar-refractivity contribution < 1.29 is 27.9 Å². The van der Waals surface area contributed by atoms with Gasteiger partial charge in [0.25, 0.3) is 5.91 Å². The summed E-state index contributed by atoms with van der Waals surface area (Å²) in [6, 6.07) is 14.0. The van der Waals surface area contributed by atoms with Crippen molar-refractivity contribution in [2.24, 2.45) is 0 Å². The molecular weight excluding hydrogens is 569 g/mol. The zero-order chi connectivity index (χ0) is 29.1. The minimum Gasteiger partial charge on any atom is -0.383 e. The van der Waals surface area contributed by atoms with E-state index in [0.29, 0.717) is 39.7 Å². The van der Waals surface area contributed by atoms with Crippen LogP contribution in [0.15, 0.2) is 79.0 Å². The molecule has 0 spiro atoms. The fraction of sp³-hybridized carbons (Fsp3) is 0.258. The van der Waals surface area contributed by atoms with Gasteiger partial charge in [0.1, 0.15) is 11.9 Å². The third-order valence-corrected chi connectivity index (χ3v) is 7.33. The van der Waals surface area contributed by atoms with E-state index in [2.05, 4.69) is 27.4 Å². The number of hydrogen-bond donors (Lipinski definition) is 3. The number of pyridine rings is 1. The lowest BCUT2D eigenvalue weighted by Gasteiger charge is -2.23. The summed E-state index contributed by atoms with van der Waals surface area (Å²) in [5.74, 6) is -0.114. The summed E-state index contributed by atoms with van der Waals surface area (Å²) >= 11 is 0. The first-order valence-corrected chi connectivity index (χ1v) is 13.3. The SMILES string of the molecule is CC1CCCN1c1ccc(/C(=C/C=C/C(=O)Nc2cccc3c2CC(O)C(=O)N3)c2ccc(C(F)(F)F)cc2)cn1.Cl. The monoisotopic (exact) mass is 598 g/mol. The molecule has 0 aliphatic carbocycles. The van der Waals surface area contributed by atoms with E-state index in [4.69, 9.17) is 0 Å². The molecule has 3 N–H and O–H groups in total. The number of allylic oxidation sites excluding steroid dienone is 2. The molecule has 5 rings (SSSR count). The number of nitrogens with one attached hydrogen (secondary N) is 2. The Morgan fingerprint density at radius 3 is 2.50 bits per heavy atom. The average molecular weight is 599 g/mol. The molecule has 42 heavy (non-hydrogen) atoms. The summed E-state index contributed by atoms with van der Waals surface area (Å²) in [4.78, 5) is 31.4. The molecule has 0 bridgehead atoms. The Hall–Kier alpha value is -4.15. The summed E-state index contributed by atoms with van der Waals surface area (Å²) in [6.45, 7) is 3.07. The third kappa shape index (κ3) is 6.83. The largest absolute Gasteiger partial charge is 0.416 e. The fourth-order valence-electron chi connectivity index (χ4n) is 5.14. The molecule has 2 atom stereocenters. The molecule has 220 valence electrons. The zero-order valence-corrected chi connectivity index (χ0v) is 23.5. The Balaban J connectivity index is 0.00000405. The second-order valence-electron chi connectivity index (χ2n) is 10.1. The van der Waals surface area contributed by atoms with Gasteiger partial charge >= 0.3 is 6.18 Å². The van der Waals surface area contributed by atoms with Gasteiger partial charge in [-0.05, 0) is 67.3 Å². The Kier molecular flexibility index (Phi) is 9.38. The first-order valence-electron chi connectivity index (χ1n) is 13.3. The third-order valence-electron chi connectivity index (χ3n) is 7.33. The van der Waals surface area contributed by atoms with E-state index >= 15 is 0 Å². The predicted molar refractivity (Wildman–Crippen MR) is 159 cm³/mol. The number of alkyl halides is 3. The van der Waals surface area contributed by atoms with E-state index in [1.807, 2.05) is 12.1 Å². The molecule has 1 aromatic heterocycles. The quantitative estimate of drug-likeness (QED) is 0.239. The standard InChI is InChI=1S/C31H29F3N4O3.ClH/c1-19-5-4-16-38(19)28-15-12-21(18-35-28)23(20-10-13-22(14-11-20)31(32,33)34)6-2-9-29(40)36-25-7-3-8-26-24(25)17-27(39)30(41)37-26;/h2-3,6-15,18-19,27,39H,4-5,16-17H2,1H3,(H,36,40)(H,37,41);1H/b9-2+,23-6+;. The summed E-state index contributed by atoms with van der Waals surface area (Å²) < 4.78 is 39.5. The number of carbonyl (C=O) groups is 2. The van der Waals surface area contributed by atoms with Crippen molar-refractivity contribution in [1.82, 2.24) is 4.98 Å². The van der Waals surface area contributed by atoms with Gasteiger partial charge in [0, 0.05) is 53.8 Å². The normalized spacial score (nSPS) is 18.8. The van der Waals surface area contributed by atoms with Crippen LogP contribution in [0.3, 0.4) is 0 Å². The van der Waals surface area contributed by atoms with Gasteiger partial charge in [0.2, 0.25) is 5.91 Å². The maximum absolute atomic E-state index is 13.2. The number of nitrogens with zero attached hydrogens (tertiary/aromatic N) is 2. The number of halogens is 4. The van der Waals surface area contributed by atoms with E-state index in [1.54, 1.807) is 30.5 Å². The minimum atomic E-state index is -4.45. The second kappa shape index (κ2) is 12.8. The van der Waals surface area contributed by atoms with Gasteiger partial charge in [0.05, 0.1) is 5.56 Å². The number of amides is 2. The molecular formula is C31H30ClF3N4O3. The molecule has 2 unspecified atom stereocenters. The van der Waals surface area contributed by atoms with E-state index in [0.717, 1.165) is 37.3 Å². The van der Waals surface area contributed by atoms with Crippen molar-refractivity contribution in [2.75, 3.05) is 22.1 Å². The Morgan fingerprint density at radius 1 is 1.12 bits per heavy atom. The topological polar surface area (TPSA) is 94.6 Å². The van der Waals surface area contributed by atoms with Crippen molar-refractivity contribution in [3.05, 3.63) is 101 Å². The highest BCUT2D eigenvalue weighted by molar-refractivity contribution is 6.03. The maximum Gasteiger partial charge on any atom is 0.416 e. The van der Waals surface area contributed by atoms with E-state index in [-0.39, 0.29) is 18.8 Å². The Bertz CT molecular complexity index is 1510. The van der Waals surface area contributed by atoms with Crippen LogP contribution in [0.25, 0.3) is 5.57 Å². The number of aromatic nitrogens is 1. The lowest BCUT2D eigenvalue weighted by molar-refractivity contribution is -0.137. The highest BCUT2D eigenvalue weighted by atomic mass is 35.5. The van der Waals surface area contributed by atoms with Crippen LogP contribution in [-0.4, -0.2) is 40.6 Å². The number of hydrogen-bond acceptors (Lipinski definition) is 5. The molecule has 3 aromatic rings. The molecule has 2 aliphatic rings. The van der Waals surface area contributed by atoms with Gasteiger partial charge in [-0.1, -0.05) is 30.4 Å². The second-order valence-corrected chi connectivity index (χ2v) is 10.1. The van der Waals surface area contributed by atoms with Crippen LogP contribution < -0.4 is 15.5 Å². The predicted octanol–water partition coefficient (Wildman–Crippen LogP) is 5.99. The molecule has 0 radical (unpaired) electrons. The molecule has 7 nitrogen and oxygen atoms in total. The van der Waals surface area contributed by atoms with E-state index < -0.39 is 29.7 Å². The lowest BCUT2D eigenvalue weighted by Crippen LogP contribution is -2.34. The Morgan fingerprint density at radius 2 is 1.86 bits per heavy atom. The number of aliphatic hydroxyl groups excluding tert-OH is 1. The number of carbonyl (C=O) groups excluding carboxylic acids is 2. The van der Waals surface area contributed by atoms with Crippen molar-refractivity contribution in [3.63, 3.8) is 0 Å². The lowest BCUT2D eigenvalue weighted by atomic mass is 9.97. The molecule has 2 amide bonds. The van der Waals surface area contributed by atoms with Gasteiger partial charge in [-0.25, -0.2) is 4.98 Å². The number of anilines is 3. The number of benzene rings is 2. The Labute approximate surface area is 247 Å². The molecule has 3 heterocycles. The molecule has 1 fully saturated rings. The van der Waals surface area contributed by atoms with Crippen LogP contribution in [-0.2, 0) is 22.2 Å². The molecule has 2 aromatic carbocycles. The van der Waals surface area contributed by atoms with Gasteiger partial charge in [-0.15, -0.1) is 12.4 Å². The maximum atomic E-state index is 13.2. The highest BCUT2D eigenvalue weighted by Gasteiger charge is 2.30. The fourth-order valence-corrected chi connectivity index (χ4v) is 5.14. The first-order chi connectivity index (χ1) is 19.6. The van der Waals surface area contributed by atoms with Gasteiger partial charge in [-0.3, -0.25) is 9.59 Å². The van der Waals surface area contributed by atoms with Gasteiger partial charge in [-0.2, -0.15) is 13.2 Å². The van der Waals surface area contributed by atoms with Crippen molar-refractivity contribution in [3.8, 4) is 0 Å². The summed E-state index contributed by atoms with van der Waals surface area (Å²) in [6.07, 6.45) is 2.75. The highest BCUT2D eigenvalue weighted by Crippen LogP contribution is 2.33. The van der Waals surface area contributed by atoms with E-state index in [9.17, 15) is 27.9 Å². The van der Waals surface area contributed by atoms with Crippen molar-refractivity contribution >= 4 is 47.0 Å². The van der Waals surface area contributed by atoms with Gasteiger partial charge < -0.3 is 20.6 Å². The summed E-state index contributed by atoms with van der Waals surface area (Å²) in [5.41, 5.74) is 2.66.